The third-order valence-corrected chi connectivity index (χ3v) is 4.16. The molecule has 19 heavy (non-hydrogen) atoms. The number of pyridine rings is 1. The molecule has 0 aliphatic carbocycles. The number of nitrogens with two attached hydrogens (primary N) is 1. The number of aromatic nitrogens is 1. The van der Waals surface area contributed by atoms with Crippen LogP contribution in [0.15, 0.2) is 12.1 Å². The lowest BCUT2D eigenvalue weighted by Gasteiger charge is -2.37. The highest BCUT2D eigenvalue weighted by Gasteiger charge is 2.26. The largest absolute Gasteiger partial charge is 0.357 e. The van der Waals surface area contributed by atoms with Gasteiger partial charge in [-0.15, -0.1) is 0 Å². The van der Waals surface area contributed by atoms with Crippen LogP contribution in [0.2, 0.25) is 0 Å². The highest BCUT2D eigenvalue weighted by molar-refractivity contribution is 5.43. The van der Waals surface area contributed by atoms with Gasteiger partial charge in [-0.05, 0) is 41.9 Å². The quantitative estimate of drug-likeness (QED) is 0.908. The smallest absolute Gasteiger partial charge is 0.129 e. The van der Waals surface area contributed by atoms with Crippen molar-refractivity contribution in [3.8, 4) is 0 Å². The minimum Gasteiger partial charge on any atom is -0.357 e. The van der Waals surface area contributed by atoms with E-state index < -0.39 is 0 Å². The molecule has 1 aliphatic rings. The van der Waals surface area contributed by atoms with E-state index in [0.29, 0.717) is 17.9 Å². The van der Waals surface area contributed by atoms with Gasteiger partial charge in [-0.2, -0.15) is 0 Å². The van der Waals surface area contributed by atoms with Gasteiger partial charge in [0.25, 0.3) is 0 Å². The van der Waals surface area contributed by atoms with Crippen molar-refractivity contribution < 1.29 is 0 Å². The minimum atomic E-state index is 0.450. The zero-order valence-corrected chi connectivity index (χ0v) is 12.7. The molecule has 0 amide bonds. The molecule has 2 heterocycles. The normalized spacial score (nSPS) is 18.9. The Kier molecular flexibility index (Phi) is 4.14. The minimum absolute atomic E-state index is 0.450. The van der Waals surface area contributed by atoms with Gasteiger partial charge in [0.1, 0.15) is 5.82 Å². The predicted molar refractivity (Wildman–Crippen MR) is 81.4 cm³/mol. The van der Waals surface area contributed by atoms with Gasteiger partial charge in [0, 0.05) is 25.3 Å². The summed E-state index contributed by atoms with van der Waals surface area (Å²) in [5, 5.41) is 0. The Labute approximate surface area is 117 Å². The molecule has 1 saturated heterocycles. The molecule has 1 fully saturated rings. The van der Waals surface area contributed by atoms with Crippen molar-refractivity contribution in [3.05, 3.63) is 23.4 Å². The van der Waals surface area contributed by atoms with E-state index in [1.807, 2.05) is 0 Å². The van der Waals surface area contributed by atoms with E-state index >= 15 is 0 Å². The Balaban J connectivity index is 2.22. The summed E-state index contributed by atoms with van der Waals surface area (Å²) in [4.78, 5) is 7.24. The van der Waals surface area contributed by atoms with Gasteiger partial charge in [-0.25, -0.2) is 4.98 Å². The van der Waals surface area contributed by atoms with E-state index in [1.165, 1.54) is 18.4 Å². The van der Waals surface area contributed by atoms with Crippen LogP contribution in [0.4, 0.5) is 5.82 Å². The predicted octanol–water partition coefficient (Wildman–Crippen LogP) is 3.29. The van der Waals surface area contributed by atoms with Crippen molar-refractivity contribution in [2.75, 3.05) is 18.0 Å². The zero-order chi connectivity index (χ0) is 14.0. The topological polar surface area (TPSA) is 42.1 Å². The SMILES string of the molecule is CC(C)c1cc(CN)cc(N2CCC(C)(C)CC2)n1. The first kappa shape index (κ1) is 14.3. The summed E-state index contributed by atoms with van der Waals surface area (Å²) in [7, 11) is 0. The second-order valence-corrected chi connectivity index (χ2v) is 6.77. The van der Waals surface area contributed by atoms with Crippen LogP contribution >= 0.6 is 0 Å². The highest BCUT2D eigenvalue weighted by Crippen LogP contribution is 2.32. The van der Waals surface area contributed by atoms with Crippen LogP contribution in [0, 0.1) is 5.41 Å². The van der Waals surface area contributed by atoms with Gasteiger partial charge in [0.2, 0.25) is 0 Å². The number of piperidine rings is 1. The Morgan fingerprint density at radius 1 is 1.26 bits per heavy atom. The fourth-order valence-electron chi connectivity index (χ4n) is 2.51. The molecule has 1 aromatic rings. The van der Waals surface area contributed by atoms with E-state index in [4.69, 9.17) is 10.7 Å². The summed E-state index contributed by atoms with van der Waals surface area (Å²) in [5.41, 5.74) is 8.64. The molecule has 0 bridgehead atoms. The molecule has 0 spiro atoms. The molecular weight excluding hydrogens is 234 g/mol. The standard InChI is InChI=1S/C16H27N3/c1-12(2)14-9-13(11-17)10-15(18-14)19-7-5-16(3,4)6-8-19/h9-10,12H,5-8,11,17H2,1-4H3. The van der Waals surface area contributed by atoms with Crippen molar-refractivity contribution in [2.45, 2.75) is 53.0 Å². The molecule has 0 unspecified atom stereocenters. The van der Waals surface area contributed by atoms with Gasteiger partial charge in [0.15, 0.2) is 0 Å². The molecule has 2 rings (SSSR count). The van der Waals surface area contributed by atoms with Gasteiger partial charge in [-0.1, -0.05) is 27.7 Å². The van der Waals surface area contributed by atoms with E-state index in [0.717, 1.165) is 24.6 Å². The van der Waals surface area contributed by atoms with Crippen LogP contribution in [0.3, 0.4) is 0 Å². The van der Waals surface area contributed by atoms with E-state index in [1.54, 1.807) is 0 Å². The second kappa shape index (κ2) is 5.49. The molecule has 0 aromatic carbocycles. The van der Waals surface area contributed by atoms with Crippen LogP contribution in [0.25, 0.3) is 0 Å². The molecule has 1 aliphatic heterocycles. The first-order valence-electron chi connectivity index (χ1n) is 7.37. The van der Waals surface area contributed by atoms with E-state index in [2.05, 4.69) is 44.7 Å². The monoisotopic (exact) mass is 261 g/mol. The summed E-state index contributed by atoms with van der Waals surface area (Å²) < 4.78 is 0. The van der Waals surface area contributed by atoms with E-state index in [-0.39, 0.29) is 0 Å². The van der Waals surface area contributed by atoms with Crippen molar-refractivity contribution >= 4 is 5.82 Å². The van der Waals surface area contributed by atoms with Crippen molar-refractivity contribution in [3.63, 3.8) is 0 Å². The molecule has 2 N–H and O–H groups in total. The van der Waals surface area contributed by atoms with Gasteiger partial charge in [0.05, 0.1) is 0 Å². The van der Waals surface area contributed by atoms with E-state index in [9.17, 15) is 0 Å². The number of hydrogen-bond acceptors (Lipinski definition) is 3. The van der Waals surface area contributed by atoms with Gasteiger partial charge in [-0.3, -0.25) is 0 Å². The molecular formula is C16H27N3. The molecule has 0 saturated carbocycles. The molecule has 106 valence electrons. The number of nitrogens with zero attached hydrogens (tertiary/aromatic N) is 2. The summed E-state index contributed by atoms with van der Waals surface area (Å²) in [5.74, 6) is 1.56. The third-order valence-electron chi connectivity index (χ3n) is 4.16. The molecule has 0 radical (unpaired) electrons. The maximum atomic E-state index is 5.81. The van der Waals surface area contributed by atoms with Crippen molar-refractivity contribution in [2.24, 2.45) is 11.1 Å². The Morgan fingerprint density at radius 3 is 2.42 bits per heavy atom. The average molecular weight is 261 g/mol. The van der Waals surface area contributed by atoms with Gasteiger partial charge < -0.3 is 10.6 Å². The maximum absolute atomic E-state index is 5.81. The first-order chi connectivity index (χ1) is 8.91. The summed E-state index contributed by atoms with van der Waals surface area (Å²) in [6.45, 7) is 11.9. The zero-order valence-electron chi connectivity index (χ0n) is 12.7. The lowest BCUT2D eigenvalue weighted by atomic mass is 9.83. The fourth-order valence-corrected chi connectivity index (χ4v) is 2.51. The van der Waals surface area contributed by atoms with Crippen LogP contribution < -0.4 is 10.6 Å². The number of hydrogen-bond donors (Lipinski definition) is 1. The maximum Gasteiger partial charge on any atom is 0.129 e. The molecule has 1 aromatic heterocycles. The van der Waals surface area contributed by atoms with Crippen LogP contribution in [0.5, 0.6) is 0 Å². The highest BCUT2D eigenvalue weighted by atomic mass is 15.2. The van der Waals surface area contributed by atoms with Gasteiger partial charge >= 0.3 is 0 Å². The first-order valence-corrected chi connectivity index (χ1v) is 7.37. The molecule has 0 atom stereocenters. The second-order valence-electron chi connectivity index (χ2n) is 6.77. The number of rotatable bonds is 3. The van der Waals surface area contributed by atoms with Crippen molar-refractivity contribution in [1.29, 1.82) is 0 Å². The molecule has 3 nitrogen and oxygen atoms in total. The summed E-state index contributed by atoms with van der Waals surface area (Å²) in [6, 6.07) is 4.30. The lowest BCUT2D eigenvalue weighted by molar-refractivity contribution is 0.279. The summed E-state index contributed by atoms with van der Waals surface area (Å²) >= 11 is 0. The average Bonchev–Trinajstić information content (AvgIpc) is 2.38. The van der Waals surface area contributed by atoms with Crippen LogP contribution in [-0.4, -0.2) is 18.1 Å². The Morgan fingerprint density at radius 2 is 1.89 bits per heavy atom. The van der Waals surface area contributed by atoms with Crippen LogP contribution in [0.1, 0.15) is 57.7 Å². The lowest BCUT2D eigenvalue weighted by Crippen LogP contribution is -2.38. The molecule has 3 heteroatoms. The number of anilines is 1. The fraction of sp³-hybridized carbons (Fsp3) is 0.688. The third kappa shape index (κ3) is 3.47. The Hall–Kier alpha value is -1.09. The summed E-state index contributed by atoms with van der Waals surface area (Å²) in [6.07, 6.45) is 2.47. The van der Waals surface area contributed by atoms with Crippen LogP contribution in [-0.2, 0) is 6.54 Å². The Bertz CT molecular complexity index is 428. The van der Waals surface area contributed by atoms with Crippen molar-refractivity contribution in [1.82, 2.24) is 4.98 Å².